The lowest BCUT2D eigenvalue weighted by Crippen LogP contribution is -2.27. The van der Waals surface area contributed by atoms with E-state index in [1.54, 1.807) is 12.1 Å². The van der Waals surface area contributed by atoms with E-state index in [1.807, 2.05) is 0 Å². The summed E-state index contributed by atoms with van der Waals surface area (Å²) in [7, 11) is 0. The predicted octanol–water partition coefficient (Wildman–Crippen LogP) is 4.61. The molecule has 164 valence electrons. The zero-order valence-corrected chi connectivity index (χ0v) is 17.5. The van der Waals surface area contributed by atoms with E-state index in [2.05, 4.69) is 16.9 Å². The van der Waals surface area contributed by atoms with Crippen LogP contribution in [0.4, 0.5) is 5.69 Å². The quantitative estimate of drug-likeness (QED) is 0.264. The molecule has 0 aliphatic carbocycles. The molecule has 1 aromatic heterocycles. The van der Waals surface area contributed by atoms with Gasteiger partial charge in [0.25, 0.3) is 11.2 Å². The SMILES string of the molecule is CCCCCCCCCCCOC(c1ccc([N+](=O)[O-])cc1)c1c[nH]c(=O)[nH]c1=O. The van der Waals surface area contributed by atoms with E-state index in [-0.39, 0.29) is 11.3 Å². The molecule has 0 bridgehead atoms. The van der Waals surface area contributed by atoms with Gasteiger partial charge in [0.05, 0.1) is 10.5 Å². The number of ether oxygens (including phenoxy) is 1. The van der Waals surface area contributed by atoms with Crippen molar-refractivity contribution >= 4 is 5.69 Å². The van der Waals surface area contributed by atoms with Crippen LogP contribution >= 0.6 is 0 Å². The van der Waals surface area contributed by atoms with Crippen LogP contribution in [0.5, 0.6) is 0 Å². The van der Waals surface area contributed by atoms with Gasteiger partial charge in [-0.2, -0.15) is 0 Å². The Kier molecular flexibility index (Phi) is 10.00. The van der Waals surface area contributed by atoms with Crippen LogP contribution in [-0.4, -0.2) is 21.5 Å². The highest BCUT2D eigenvalue weighted by Crippen LogP contribution is 2.25. The van der Waals surface area contributed by atoms with Crippen LogP contribution in [0, 0.1) is 10.1 Å². The minimum absolute atomic E-state index is 0.0354. The first kappa shape index (κ1) is 23.5. The molecule has 0 fully saturated rings. The first-order chi connectivity index (χ1) is 14.5. The number of hydrogen-bond acceptors (Lipinski definition) is 5. The van der Waals surface area contributed by atoms with Crippen LogP contribution in [0.1, 0.15) is 81.9 Å². The predicted molar refractivity (Wildman–Crippen MR) is 116 cm³/mol. The molecule has 1 unspecified atom stereocenters. The van der Waals surface area contributed by atoms with Crippen molar-refractivity contribution in [3.8, 4) is 0 Å². The number of aromatic amines is 2. The summed E-state index contributed by atoms with van der Waals surface area (Å²) in [6.07, 6.45) is 11.3. The van der Waals surface area contributed by atoms with E-state index in [9.17, 15) is 19.7 Å². The van der Waals surface area contributed by atoms with Crippen molar-refractivity contribution in [3.05, 3.63) is 72.5 Å². The molecule has 0 saturated carbocycles. The molecule has 0 aliphatic heterocycles. The third-order valence-electron chi connectivity index (χ3n) is 5.07. The van der Waals surface area contributed by atoms with Gasteiger partial charge < -0.3 is 9.72 Å². The maximum absolute atomic E-state index is 12.2. The number of nitrogens with zero attached hydrogens (tertiary/aromatic N) is 1. The molecule has 1 atom stereocenters. The normalized spacial score (nSPS) is 12.0. The third-order valence-corrected chi connectivity index (χ3v) is 5.07. The fourth-order valence-electron chi connectivity index (χ4n) is 3.37. The van der Waals surface area contributed by atoms with Crippen molar-refractivity contribution in [1.82, 2.24) is 9.97 Å². The number of non-ortho nitro benzene ring substituents is 1. The highest BCUT2D eigenvalue weighted by atomic mass is 16.6. The standard InChI is InChI=1S/C22H31N3O5/c1-2-3-4-5-6-7-8-9-10-15-30-20(19-16-23-22(27)24-21(19)26)17-11-13-18(14-12-17)25(28)29/h11-14,16,20H,2-10,15H2,1H3,(H2,23,24,26,27). The van der Waals surface area contributed by atoms with Crippen LogP contribution in [0.3, 0.4) is 0 Å². The Bertz CT molecular complexity index is 889. The van der Waals surface area contributed by atoms with E-state index < -0.39 is 22.3 Å². The van der Waals surface area contributed by atoms with Crippen molar-refractivity contribution in [1.29, 1.82) is 0 Å². The number of unbranched alkanes of at least 4 members (excludes halogenated alkanes) is 8. The van der Waals surface area contributed by atoms with Crippen LogP contribution < -0.4 is 11.2 Å². The van der Waals surface area contributed by atoms with Gasteiger partial charge in [0.2, 0.25) is 0 Å². The Morgan fingerprint density at radius 1 is 0.967 bits per heavy atom. The maximum Gasteiger partial charge on any atom is 0.325 e. The maximum atomic E-state index is 12.2. The Hall–Kier alpha value is -2.74. The van der Waals surface area contributed by atoms with Crippen LogP contribution in [0.15, 0.2) is 40.1 Å². The van der Waals surface area contributed by atoms with E-state index in [1.165, 1.54) is 56.9 Å². The monoisotopic (exact) mass is 417 g/mol. The fraction of sp³-hybridized carbons (Fsp3) is 0.545. The van der Waals surface area contributed by atoms with Crippen molar-refractivity contribution < 1.29 is 9.66 Å². The molecular formula is C22H31N3O5. The lowest BCUT2D eigenvalue weighted by molar-refractivity contribution is -0.384. The molecule has 0 aliphatic rings. The highest BCUT2D eigenvalue weighted by Gasteiger charge is 2.19. The van der Waals surface area contributed by atoms with Crippen molar-refractivity contribution in [2.24, 2.45) is 0 Å². The average molecular weight is 418 g/mol. The molecule has 0 saturated heterocycles. The summed E-state index contributed by atoms with van der Waals surface area (Å²) >= 11 is 0. The zero-order chi connectivity index (χ0) is 21.8. The Balaban J connectivity index is 1.93. The number of H-pyrrole nitrogens is 2. The van der Waals surface area contributed by atoms with Crippen LogP contribution in [0.25, 0.3) is 0 Å². The molecule has 8 heteroatoms. The summed E-state index contributed by atoms with van der Waals surface area (Å²) in [6.45, 7) is 2.67. The largest absolute Gasteiger partial charge is 0.369 e. The van der Waals surface area contributed by atoms with Gasteiger partial charge in [0, 0.05) is 24.9 Å². The van der Waals surface area contributed by atoms with E-state index in [0.717, 1.165) is 19.3 Å². The highest BCUT2D eigenvalue weighted by molar-refractivity contribution is 5.36. The van der Waals surface area contributed by atoms with E-state index in [0.29, 0.717) is 12.2 Å². The molecule has 0 amide bonds. The average Bonchev–Trinajstić information content (AvgIpc) is 2.73. The Labute approximate surface area is 175 Å². The summed E-state index contributed by atoms with van der Waals surface area (Å²) in [6, 6.07) is 5.90. The first-order valence-electron chi connectivity index (χ1n) is 10.7. The van der Waals surface area contributed by atoms with E-state index >= 15 is 0 Å². The molecule has 1 aromatic carbocycles. The van der Waals surface area contributed by atoms with Gasteiger partial charge in [0.15, 0.2) is 0 Å². The zero-order valence-electron chi connectivity index (χ0n) is 17.5. The lowest BCUT2D eigenvalue weighted by Gasteiger charge is -2.18. The molecule has 30 heavy (non-hydrogen) atoms. The summed E-state index contributed by atoms with van der Waals surface area (Å²) in [5.41, 5.74) is -0.278. The van der Waals surface area contributed by atoms with Gasteiger partial charge in [-0.3, -0.25) is 19.9 Å². The molecule has 2 rings (SSSR count). The summed E-state index contributed by atoms with van der Waals surface area (Å²) in [5, 5.41) is 10.9. The van der Waals surface area contributed by atoms with Gasteiger partial charge in [-0.1, -0.05) is 58.3 Å². The number of nitrogens with one attached hydrogen (secondary N) is 2. The molecular weight excluding hydrogens is 386 g/mol. The molecule has 1 heterocycles. The molecule has 0 spiro atoms. The summed E-state index contributed by atoms with van der Waals surface area (Å²) in [4.78, 5) is 38.7. The number of nitro benzene ring substituents is 1. The number of rotatable bonds is 14. The second-order valence-corrected chi connectivity index (χ2v) is 7.46. The lowest BCUT2D eigenvalue weighted by atomic mass is 10.0. The second-order valence-electron chi connectivity index (χ2n) is 7.46. The molecule has 2 aromatic rings. The van der Waals surface area contributed by atoms with Gasteiger partial charge >= 0.3 is 5.69 Å². The Morgan fingerprint density at radius 3 is 2.13 bits per heavy atom. The van der Waals surface area contributed by atoms with E-state index in [4.69, 9.17) is 4.74 Å². The summed E-state index contributed by atoms with van der Waals surface area (Å²) < 4.78 is 5.98. The van der Waals surface area contributed by atoms with Gasteiger partial charge in [-0.15, -0.1) is 0 Å². The Morgan fingerprint density at radius 2 is 1.57 bits per heavy atom. The van der Waals surface area contributed by atoms with Crippen molar-refractivity contribution in [2.45, 2.75) is 70.8 Å². The van der Waals surface area contributed by atoms with Gasteiger partial charge in [-0.05, 0) is 24.1 Å². The number of benzene rings is 1. The topological polar surface area (TPSA) is 118 Å². The van der Waals surface area contributed by atoms with Crippen molar-refractivity contribution in [3.63, 3.8) is 0 Å². The first-order valence-corrected chi connectivity index (χ1v) is 10.7. The third kappa shape index (κ3) is 7.59. The molecule has 2 N–H and O–H groups in total. The van der Waals surface area contributed by atoms with Gasteiger partial charge in [0.1, 0.15) is 6.10 Å². The molecule has 0 radical (unpaired) electrons. The summed E-state index contributed by atoms with van der Waals surface area (Å²) in [5.74, 6) is 0. The number of hydrogen-bond donors (Lipinski definition) is 2. The number of aromatic nitrogens is 2. The minimum Gasteiger partial charge on any atom is -0.369 e. The van der Waals surface area contributed by atoms with Crippen LogP contribution in [0.2, 0.25) is 0 Å². The number of nitro groups is 1. The molecule has 8 nitrogen and oxygen atoms in total. The van der Waals surface area contributed by atoms with Crippen LogP contribution in [-0.2, 0) is 4.74 Å². The second kappa shape index (κ2) is 12.7. The van der Waals surface area contributed by atoms with Crippen molar-refractivity contribution in [2.75, 3.05) is 6.61 Å². The fourth-order valence-corrected chi connectivity index (χ4v) is 3.37. The minimum atomic E-state index is -0.708. The smallest absolute Gasteiger partial charge is 0.325 e. The van der Waals surface area contributed by atoms with Gasteiger partial charge in [-0.25, -0.2) is 4.79 Å².